The number of nitrogens with one attached hydrogen (secondary N) is 3. The quantitative estimate of drug-likeness (QED) is 0.374. The van der Waals surface area contributed by atoms with E-state index in [0.29, 0.717) is 33.1 Å². The molecule has 3 N–H and O–H groups in total. The molecule has 4 rings (SSSR count). The average Bonchev–Trinajstić information content (AvgIpc) is 3.15. The topological polar surface area (TPSA) is 105 Å². The molecule has 0 bridgehead atoms. The summed E-state index contributed by atoms with van der Waals surface area (Å²) in [5.74, 6) is 0.440. The van der Waals surface area contributed by atoms with Gasteiger partial charge in [0.1, 0.15) is 5.82 Å². The lowest BCUT2D eigenvalue weighted by Crippen LogP contribution is -2.21. The van der Waals surface area contributed by atoms with Crippen molar-refractivity contribution in [3.05, 3.63) is 74.9 Å². The number of aromatic amines is 1. The summed E-state index contributed by atoms with van der Waals surface area (Å²) >= 11 is 12.2. The molecular weight excluding hydrogens is 451 g/mol. The van der Waals surface area contributed by atoms with E-state index in [9.17, 15) is 9.59 Å². The number of fused-ring (bicyclic) bond motifs is 1. The lowest BCUT2D eigenvalue weighted by Gasteiger charge is -2.14. The summed E-state index contributed by atoms with van der Waals surface area (Å²) in [5, 5.41) is 11.2. The number of hydrogen-bond donors (Lipinski definition) is 3. The molecule has 164 valence electrons. The zero-order chi connectivity index (χ0) is 23.0. The third-order valence-electron chi connectivity index (χ3n) is 4.79. The van der Waals surface area contributed by atoms with Crippen LogP contribution in [-0.4, -0.2) is 25.8 Å². The fraction of sp³-hybridized carbons (Fsp3) is 0.182. The van der Waals surface area contributed by atoms with Crippen molar-refractivity contribution in [1.82, 2.24) is 19.7 Å². The van der Waals surface area contributed by atoms with E-state index < -0.39 is 6.03 Å². The molecule has 0 spiro atoms. The minimum atomic E-state index is -0.508. The number of H-pyrrole nitrogens is 1. The molecule has 0 saturated carbocycles. The Morgan fingerprint density at radius 1 is 1.09 bits per heavy atom. The van der Waals surface area contributed by atoms with Crippen molar-refractivity contribution in [3.8, 4) is 5.69 Å². The Labute approximate surface area is 193 Å². The Hall–Kier alpha value is -3.36. The Morgan fingerprint density at radius 2 is 1.88 bits per heavy atom. The third-order valence-corrected chi connectivity index (χ3v) is 5.61. The van der Waals surface area contributed by atoms with Gasteiger partial charge in [-0.15, -0.1) is 0 Å². The van der Waals surface area contributed by atoms with Gasteiger partial charge in [0.25, 0.3) is 5.56 Å². The number of amides is 2. The molecule has 8 nitrogen and oxygen atoms in total. The summed E-state index contributed by atoms with van der Waals surface area (Å²) in [6.45, 7) is 6.07. The molecule has 0 aliphatic carbocycles. The minimum Gasteiger partial charge on any atom is -0.313 e. The van der Waals surface area contributed by atoms with Gasteiger partial charge in [-0.05, 0) is 30.3 Å². The predicted octanol–water partition coefficient (Wildman–Crippen LogP) is 5.36. The lowest BCUT2D eigenvalue weighted by molar-refractivity contribution is 0.262. The number of rotatable bonds is 3. The summed E-state index contributed by atoms with van der Waals surface area (Å²) in [6.07, 6.45) is 1.35. The van der Waals surface area contributed by atoms with Crippen molar-refractivity contribution in [3.63, 3.8) is 0 Å². The van der Waals surface area contributed by atoms with E-state index in [4.69, 9.17) is 23.2 Å². The van der Waals surface area contributed by atoms with E-state index in [2.05, 4.69) is 25.7 Å². The van der Waals surface area contributed by atoms with E-state index in [-0.39, 0.29) is 16.0 Å². The standard InChI is InChI=1S/C22H20Cl2N6O2/c1-22(2,3)17-10-18(28-21(32)27-15-6-4-5-14(23)19(15)24)30(29-17)12-7-8-13-16(9-12)25-11-26-20(13)31/h4-11H,1-3H3,(H,25,26,31)(H2,27,28,32). The monoisotopic (exact) mass is 470 g/mol. The maximum Gasteiger partial charge on any atom is 0.324 e. The Bertz CT molecular complexity index is 1390. The van der Waals surface area contributed by atoms with Crippen molar-refractivity contribution < 1.29 is 4.79 Å². The second-order valence-corrected chi connectivity index (χ2v) is 8.98. The van der Waals surface area contributed by atoms with Gasteiger partial charge in [0.15, 0.2) is 0 Å². The van der Waals surface area contributed by atoms with Gasteiger partial charge in [0.05, 0.1) is 44.3 Å². The molecule has 0 radical (unpaired) electrons. The second-order valence-electron chi connectivity index (χ2n) is 8.19. The number of benzene rings is 2. The maximum atomic E-state index is 12.7. The first kappa shape index (κ1) is 21.9. The number of nitrogens with zero attached hydrogens (tertiary/aromatic N) is 3. The zero-order valence-corrected chi connectivity index (χ0v) is 19.0. The van der Waals surface area contributed by atoms with Crippen LogP contribution in [-0.2, 0) is 5.41 Å². The summed E-state index contributed by atoms with van der Waals surface area (Å²) in [5.41, 5.74) is 1.82. The summed E-state index contributed by atoms with van der Waals surface area (Å²) in [4.78, 5) is 31.5. The van der Waals surface area contributed by atoms with Gasteiger partial charge in [-0.2, -0.15) is 5.10 Å². The van der Waals surface area contributed by atoms with Crippen molar-refractivity contribution in [1.29, 1.82) is 0 Å². The van der Waals surface area contributed by atoms with Crippen molar-refractivity contribution in [2.75, 3.05) is 10.6 Å². The van der Waals surface area contributed by atoms with E-state index in [0.717, 1.165) is 5.69 Å². The highest BCUT2D eigenvalue weighted by atomic mass is 35.5. The summed E-state index contributed by atoms with van der Waals surface area (Å²) < 4.78 is 1.60. The van der Waals surface area contributed by atoms with Crippen LogP contribution in [0.15, 0.2) is 53.6 Å². The van der Waals surface area contributed by atoms with Gasteiger partial charge in [0, 0.05) is 11.5 Å². The molecule has 2 aromatic carbocycles. The predicted molar refractivity (Wildman–Crippen MR) is 127 cm³/mol. The van der Waals surface area contributed by atoms with Crippen LogP contribution < -0.4 is 16.2 Å². The van der Waals surface area contributed by atoms with Gasteiger partial charge in [-0.1, -0.05) is 50.0 Å². The Balaban J connectivity index is 1.72. The fourth-order valence-corrected chi connectivity index (χ4v) is 3.44. The number of urea groups is 1. The van der Waals surface area contributed by atoms with Crippen LogP contribution in [0.3, 0.4) is 0 Å². The maximum absolute atomic E-state index is 12.7. The molecule has 2 aromatic heterocycles. The molecule has 0 saturated heterocycles. The molecule has 4 aromatic rings. The van der Waals surface area contributed by atoms with Gasteiger partial charge in [0.2, 0.25) is 0 Å². The van der Waals surface area contributed by atoms with E-state index in [1.165, 1.54) is 6.33 Å². The molecule has 2 amide bonds. The smallest absolute Gasteiger partial charge is 0.313 e. The van der Waals surface area contributed by atoms with Crippen LogP contribution in [0.1, 0.15) is 26.5 Å². The first-order valence-corrected chi connectivity index (χ1v) is 10.5. The van der Waals surface area contributed by atoms with Gasteiger partial charge in [-0.25, -0.2) is 14.5 Å². The van der Waals surface area contributed by atoms with Crippen LogP contribution in [0, 0.1) is 0 Å². The van der Waals surface area contributed by atoms with Crippen LogP contribution in [0.2, 0.25) is 10.0 Å². The van der Waals surface area contributed by atoms with Crippen LogP contribution in [0.25, 0.3) is 16.6 Å². The van der Waals surface area contributed by atoms with Crippen LogP contribution in [0.4, 0.5) is 16.3 Å². The number of hydrogen-bond acceptors (Lipinski definition) is 4. The molecule has 0 aliphatic heterocycles. The van der Waals surface area contributed by atoms with Crippen molar-refractivity contribution in [2.45, 2.75) is 26.2 Å². The van der Waals surface area contributed by atoms with E-state index in [1.807, 2.05) is 20.8 Å². The molecule has 0 fully saturated rings. The second kappa shape index (κ2) is 8.29. The van der Waals surface area contributed by atoms with Gasteiger partial charge in [-0.3, -0.25) is 10.1 Å². The molecule has 2 heterocycles. The molecule has 10 heteroatoms. The normalized spacial score (nSPS) is 11.5. The van der Waals surface area contributed by atoms with Gasteiger partial charge < -0.3 is 10.3 Å². The Kier molecular flexibility index (Phi) is 5.66. The third kappa shape index (κ3) is 4.32. The first-order valence-electron chi connectivity index (χ1n) is 9.74. The number of anilines is 2. The largest absolute Gasteiger partial charge is 0.324 e. The average molecular weight is 471 g/mol. The van der Waals surface area contributed by atoms with Crippen LogP contribution in [0.5, 0.6) is 0 Å². The highest BCUT2D eigenvalue weighted by Gasteiger charge is 2.22. The molecule has 0 aliphatic rings. The number of aromatic nitrogens is 4. The summed E-state index contributed by atoms with van der Waals surface area (Å²) in [7, 11) is 0. The first-order chi connectivity index (χ1) is 15.1. The molecule has 32 heavy (non-hydrogen) atoms. The number of carbonyl (C=O) groups is 1. The van der Waals surface area contributed by atoms with Crippen molar-refractivity contribution in [2.24, 2.45) is 0 Å². The molecule has 0 unspecified atom stereocenters. The number of carbonyl (C=O) groups excluding carboxylic acids is 1. The summed E-state index contributed by atoms with van der Waals surface area (Å²) in [6, 6.07) is 11.4. The number of halogens is 2. The van der Waals surface area contributed by atoms with E-state index >= 15 is 0 Å². The van der Waals surface area contributed by atoms with Crippen molar-refractivity contribution >= 4 is 51.6 Å². The highest BCUT2D eigenvalue weighted by Crippen LogP contribution is 2.30. The minimum absolute atomic E-state index is 0.228. The van der Waals surface area contributed by atoms with E-state index in [1.54, 1.807) is 47.1 Å². The SMILES string of the molecule is CC(C)(C)c1cc(NC(=O)Nc2cccc(Cl)c2Cl)n(-c2ccc3c(=O)[nH]cnc3c2)n1. The van der Waals surface area contributed by atoms with Gasteiger partial charge >= 0.3 is 6.03 Å². The highest BCUT2D eigenvalue weighted by molar-refractivity contribution is 6.44. The zero-order valence-electron chi connectivity index (χ0n) is 17.5. The lowest BCUT2D eigenvalue weighted by atomic mass is 9.92. The molecular formula is C22H20Cl2N6O2. The van der Waals surface area contributed by atoms with Crippen LogP contribution >= 0.6 is 23.2 Å². The molecule has 0 atom stereocenters. The Morgan fingerprint density at radius 3 is 2.62 bits per heavy atom. The fourth-order valence-electron chi connectivity index (χ4n) is 3.09.